The normalized spacial score (nSPS) is 12.2. The number of oxazole rings is 1. The third-order valence-corrected chi connectivity index (χ3v) is 2.69. The number of amides is 1. The highest BCUT2D eigenvalue weighted by Gasteiger charge is 2.15. The average Bonchev–Trinajstić information content (AvgIpc) is 2.75. The Morgan fingerprint density at radius 2 is 2.20 bits per heavy atom. The summed E-state index contributed by atoms with van der Waals surface area (Å²) >= 11 is 0. The molecule has 0 fully saturated rings. The highest BCUT2D eigenvalue weighted by Crippen LogP contribution is 2.16. The first-order valence-corrected chi connectivity index (χ1v) is 5.87. The Morgan fingerprint density at radius 3 is 2.90 bits per heavy atom. The van der Waals surface area contributed by atoms with Gasteiger partial charge in [-0.25, -0.2) is 4.79 Å². The molecule has 0 saturated carbocycles. The summed E-state index contributed by atoms with van der Waals surface area (Å²) in [6.45, 7) is 0. The van der Waals surface area contributed by atoms with Crippen molar-refractivity contribution in [2.75, 3.05) is 5.32 Å². The average molecular weight is 279 g/mol. The number of rotatable bonds is 5. The van der Waals surface area contributed by atoms with Gasteiger partial charge in [0.25, 0.3) is 0 Å². The van der Waals surface area contributed by atoms with Gasteiger partial charge in [-0.2, -0.15) is 0 Å². The van der Waals surface area contributed by atoms with Crippen LogP contribution in [0.3, 0.4) is 0 Å². The summed E-state index contributed by atoms with van der Waals surface area (Å²) in [7, 11) is 0. The molecule has 8 heteroatoms. The lowest BCUT2D eigenvalue weighted by Gasteiger charge is -2.11. The summed E-state index contributed by atoms with van der Waals surface area (Å²) in [5.41, 5.74) is 6.84. The Morgan fingerprint density at radius 1 is 1.45 bits per heavy atom. The first kappa shape index (κ1) is 13.8. The van der Waals surface area contributed by atoms with Crippen molar-refractivity contribution in [2.24, 2.45) is 5.73 Å². The van der Waals surface area contributed by atoms with Gasteiger partial charge in [-0.05, 0) is 24.6 Å². The van der Waals surface area contributed by atoms with E-state index in [0.29, 0.717) is 16.8 Å². The summed E-state index contributed by atoms with van der Waals surface area (Å²) in [6, 6.07) is 3.71. The SMILES string of the molecule is NC(CCC(=O)O)C(=O)Nc1ccc2oc(=O)[nH]c2c1. The van der Waals surface area contributed by atoms with Crippen LogP contribution in [-0.4, -0.2) is 28.0 Å². The number of carbonyl (C=O) groups excluding carboxylic acids is 1. The molecule has 5 N–H and O–H groups in total. The smallest absolute Gasteiger partial charge is 0.417 e. The number of carboxylic acid groups (broad SMARTS) is 1. The lowest BCUT2D eigenvalue weighted by atomic mass is 10.1. The van der Waals surface area contributed by atoms with Crippen LogP contribution >= 0.6 is 0 Å². The summed E-state index contributed by atoms with van der Waals surface area (Å²) in [4.78, 5) is 35.6. The van der Waals surface area contributed by atoms with Crippen LogP contribution in [-0.2, 0) is 9.59 Å². The molecule has 1 aromatic carbocycles. The van der Waals surface area contributed by atoms with Gasteiger partial charge in [-0.1, -0.05) is 0 Å². The number of anilines is 1. The predicted octanol–water partition coefficient (Wildman–Crippen LogP) is 0.252. The minimum atomic E-state index is -1.01. The van der Waals surface area contributed by atoms with E-state index >= 15 is 0 Å². The molecule has 1 atom stereocenters. The molecule has 1 amide bonds. The maximum Gasteiger partial charge on any atom is 0.417 e. The van der Waals surface area contributed by atoms with Gasteiger partial charge >= 0.3 is 11.7 Å². The van der Waals surface area contributed by atoms with E-state index in [1.165, 1.54) is 12.1 Å². The fourth-order valence-corrected chi connectivity index (χ4v) is 1.67. The van der Waals surface area contributed by atoms with Crippen molar-refractivity contribution in [3.8, 4) is 0 Å². The fraction of sp³-hybridized carbons (Fsp3) is 0.250. The molecular formula is C12H13N3O5. The molecule has 0 radical (unpaired) electrons. The highest BCUT2D eigenvalue weighted by molar-refractivity contribution is 5.96. The molecule has 1 aromatic heterocycles. The molecule has 2 aromatic rings. The second kappa shape index (κ2) is 5.57. The topological polar surface area (TPSA) is 138 Å². The first-order valence-electron chi connectivity index (χ1n) is 5.87. The van der Waals surface area contributed by atoms with Crippen LogP contribution in [0.2, 0.25) is 0 Å². The molecule has 0 aliphatic rings. The van der Waals surface area contributed by atoms with Crippen LogP contribution in [0.4, 0.5) is 5.69 Å². The van der Waals surface area contributed by atoms with E-state index in [4.69, 9.17) is 15.3 Å². The third kappa shape index (κ3) is 3.23. The molecule has 0 aliphatic heterocycles. The van der Waals surface area contributed by atoms with Gasteiger partial charge in [0.2, 0.25) is 5.91 Å². The third-order valence-electron chi connectivity index (χ3n) is 2.69. The molecule has 20 heavy (non-hydrogen) atoms. The number of hydrogen-bond acceptors (Lipinski definition) is 5. The largest absolute Gasteiger partial charge is 0.481 e. The van der Waals surface area contributed by atoms with Crippen LogP contribution in [0, 0.1) is 0 Å². The number of carboxylic acids is 1. The first-order chi connectivity index (χ1) is 9.45. The van der Waals surface area contributed by atoms with E-state index in [0.717, 1.165) is 0 Å². The van der Waals surface area contributed by atoms with Crippen molar-refractivity contribution in [1.82, 2.24) is 4.98 Å². The molecule has 106 valence electrons. The molecule has 0 bridgehead atoms. The van der Waals surface area contributed by atoms with E-state index in [1.54, 1.807) is 6.07 Å². The zero-order valence-electron chi connectivity index (χ0n) is 10.4. The number of fused-ring (bicyclic) bond motifs is 1. The van der Waals surface area contributed by atoms with Crippen LogP contribution in [0.1, 0.15) is 12.8 Å². The number of aromatic amines is 1. The number of carbonyl (C=O) groups is 2. The zero-order chi connectivity index (χ0) is 14.7. The quantitative estimate of drug-likeness (QED) is 0.618. The molecule has 0 aliphatic carbocycles. The van der Waals surface area contributed by atoms with Crippen molar-refractivity contribution in [3.05, 3.63) is 28.7 Å². The summed E-state index contributed by atoms with van der Waals surface area (Å²) in [5.74, 6) is -2.08. The summed E-state index contributed by atoms with van der Waals surface area (Å²) < 4.78 is 4.83. The van der Waals surface area contributed by atoms with Gasteiger partial charge in [0, 0.05) is 12.1 Å². The van der Waals surface area contributed by atoms with Crippen molar-refractivity contribution < 1.29 is 19.1 Å². The van der Waals surface area contributed by atoms with Crippen molar-refractivity contribution in [1.29, 1.82) is 0 Å². The Hall–Kier alpha value is -2.61. The predicted molar refractivity (Wildman–Crippen MR) is 70.3 cm³/mol. The van der Waals surface area contributed by atoms with E-state index in [9.17, 15) is 14.4 Å². The molecule has 1 heterocycles. The van der Waals surface area contributed by atoms with Gasteiger partial charge < -0.3 is 20.6 Å². The maximum atomic E-state index is 11.7. The van der Waals surface area contributed by atoms with Crippen molar-refractivity contribution in [3.63, 3.8) is 0 Å². The number of H-pyrrole nitrogens is 1. The van der Waals surface area contributed by atoms with E-state index in [1.807, 2.05) is 0 Å². The monoisotopic (exact) mass is 279 g/mol. The molecule has 0 spiro atoms. The van der Waals surface area contributed by atoms with Crippen LogP contribution < -0.4 is 16.8 Å². The highest BCUT2D eigenvalue weighted by atomic mass is 16.4. The van der Waals surface area contributed by atoms with Crippen LogP contribution in [0.25, 0.3) is 11.1 Å². The number of nitrogens with one attached hydrogen (secondary N) is 2. The number of hydrogen-bond donors (Lipinski definition) is 4. The van der Waals surface area contributed by atoms with Crippen LogP contribution in [0.5, 0.6) is 0 Å². The minimum Gasteiger partial charge on any atom is -0.481 e. The number of aliphatic carboxylic acids is 1. The number of aromatic nitrogens is 1. The van der Waals surface area contributed by atoms with E-state index < -0.39 is 23.7 Å². The maximum absolute atomic E-state index is 11.7. The van der Waals surface area contributed by atoms with E-state index in [-0.39, 0.29) is 12.8 Å². The summed E-state index contributed by atoms with van der Waals surface area (Å²) in [5, 5.41) is 11.1. The molecule has 1 unspecified atom stereocenters. The van der Waals surface area contributed by atoms with Gasteiger partial charge in [0.15, 0.2) is 5.58 Å². The van der Waals surface area contributed by atoms with Crippen molar-refractivity contribution >= 4 is 28.7 Å². The Balaban J connectivity index is 2.05. The van der Waals surface area contributed by atoms with Gasteiger partial charge in [0.05, 0.1) is 11.6 Å². The Labute approximate surface area is 112 Å². The standard InChI is InChI=1S/C12H13N3O5/c13-7(2-4-10(16)17)11(18)14-6-1-3-9-8(5-6)15-12(19)20-9/h1,3,5,7H,2,4,13H2,(H,14,18)(H,15,19)(H,16,17). The molecule has 8 nitrogen and oxygen atoms in total. The summed E-state index contributed by atoms with van der Waals surface area (Å²) in [6.07, 6.45) is -0.130. The van der Waals surface area contributed by atoms with Gasteiger partial charge in [0.1, 0.15) is 0 Å². The second-order valence-electron chi connectivity index (χ2n) is 4.25. The molecule has 0 saturated heterocycles. The Kier molecular flexibility index (Phi) is 3.85. The number of nitrogens with two attached hydrogens (primary N) is 1. The van der Waals surface area contributed by atoms with E-state index in [2.05, 4.69) is 10.3 Å². The fourth-order valence-electron chi connectivity index (χ4n) is 1.67. The minimum absolute atomic E-state index is 0.0476. The Bertz CT molecular complexity index is 702. The zero-order valence-corrected chi connectivity index (χ0v) is 10.4. The lowest BCUT2D eigenvalue weighted by Crippen LogP contribution is -2.36. The van der Waals surface area contributed by atoms with Crippen molar-refractivity contribution in [2.45, 2.75) is 18.9 Å². The number of benzene rings is 1. The van der Waals surface area contributed by atoms with Crippen LogP contribution in [0.15, 0.2) is 27.4 Å². The second-order valence-corrected chi connectivity index (χ2v) is 4.25. The van der Waals surface area contributed by atoms with Gasteiger partial charge in [-0.15, -0.1) is 0 Å². The molecular weight excluding hydrogens is 266 g/mol. The molecule has 2 rings (SSSR count). The van der Waals surface area contributed by atoms with Gasteiger partial charge in [-0.3, -0.25) is 14.6 Å². The lowest BCUT2D eigenvalue weighted by molar-refractivity contribution is -0.137.